The topological polar surface area (TPSA) is 75.4 Å². The van der Waals surface area contributed by atoms with Gasteiger partial charge in [-0.2, -0.15) is 0 Å². The first kappa shape index (κ1) is 15.5. The fourth-order valence-corrected chi connectivity index (χ4v) is 2.52. The van der Waals surface area contributed by atoms with Gasteiger partial charge in [0.2, 0.25) is 11.8 Å². The third kappa shape index (κ3) is 4.04. The highest BCUT2D eigenvalue weighted by atomic mass is 16.2. The summed E-state index contributed by atoms with van der Waals surface area (Å²) in [6.07, 6.45) is 1.36. The fraction of sp³-hybridized carbons (Fsp3) is 0.500. The quantitative estimate of drug-likeness (QED) is 0.887. The number of amides is 2. The van der Waals surface area contributed by atoms with Crippen molar-refractivity contribution < 1.29 is 9.59 Å². The Morgan fingerprint density at radius 3 is 2.29 bits per heavy atom. The van der Waals surface area contributed by atoms with Crippen LogP contribution < -0.4 is 11.1 Å². The monoisotopic (exact) mass is 289 g/mol. The fourth-order valence-electron chi connectivity index (χ4n) is 2.52. The Kier molecular flexibility index (Phi) is 4.63. The summed E-state index contributed by atoms with van der Waals surface area (Å²) < 4.78 is 0. The summed E-state index contributed by atoms with van der Waals surface area (Å²) in [5, 5.41) is 2.92. The van der Waals surface area contributed by atoms with Gasteiger partial charge in [0.1, 0.15) is 0 Å². The molecule has 1 aliphatic heterocycles. The zero-order chi connectivity index (χ0) is 15.5. The predicted molar refractivity (Wildman–Crippen MR) is 82.6 cm³/mol. The highest BCUT2D eigenvalue weighted by Gasteiger charge is 2.32. The molecule has 0 aliphatic carbocycles. The summed E-state index contributed by atoms with van der Waals surface area (Å²) >= 11 is 0. The molecular weight excluding hydrogens is 266 g/mol. The van der Waals surface area contributed by atoms with Crippen molar-refractivity contribution in [1.29, 1.82) is 0 Å². The predicted octanol–water partition coefficient (Wildman–Crippen LogP) is 1.60. The van der Waals surface area contributed by atoms with Crippen LogP contribution in [-0.4, -0.2) is 35.3 Å². The van der Waals surface area contributed by atoms with Gasteiger partial charge in [0.05, 0.1) is 5.54 Å². The summed E-state index contributed by atoms with van der Waals surface area (Å²) in [7, 11) is 0. The molecule has 1 heterocycles. The van der Waals surface area contributed by atoms with Crippen LogP contribution in [0.15, 0.2) is 30.3 Å². The summed E-state index contributed by atoms with van der Waals surface area (Å²) in [4.78, 5) is 26.0. The van der Waals surface area contributed by atoms with E-state index in [-0.39, 0.29) is 17.7 Å². The van der Waals surface area contributed by atoms with Crippen LogP contribution in [0.4, 0.5) is 5.69 Å². The number of para-hydroxylation sites is 1. The molecule has 0 spiro atoms. The normalized spacial score (nSPS) is 16.6. The first-order valence-electron chi connectivity index (χ1n) is 7.32. The lowest BCUT2D eigenvalue weighted by atomic mass is 9.94. The second-order valence-electron chi connectivity index (χ2n) is 6.14. The number of hydrogen-bond acceptors (Lipinski definition) is 3. The summed E-state index contributed by atoms with van der Waals surface area (Å²) in [5.41, 5.74) is 5.80. The third-order valence-electron chi connectivity index (χ3n) is 3.75. The SMILES string of the molecule is CC(C)(N)C(=O)N1CCC(C(=O)Nc2ccccc2)CC1. The van der Waals surface area contributed by atoms with Crippen LogP contribution in [-0.2, 0) is 9.59 Å². The maximum absolute atomic E-state index is 12.2. The molecule has 3 N–H and O–H groups in total. The van der Waals surface area contributed by atoms with Crippen LogP contribution in [0.1, 0.15) is 26.7 Å². The Hall–Kier alpha value is -1.88. The van der Waals surface area contributed by atoms with Crippen LogP contribution in [0.3, 0.4) is 0 Å². The van der Waals surface area contributed by atoms with E-state index in [1.54, 1.807) is 18.7 Å². The van der Waals surface area contributed by atoms with Gasteiger partial charge in [-0.05, 0) is 38.8 Å². The minimum atomic E-state index is -0.848. The third-order valence-corrected chi connectivity index (χ3v) is 3.75. The van der Waals surface area contributed by atoms with Crippen molar-refractivity contribution in [2.75, 3.05) is 18.4 Å². The zero-order valence-corrected chi connectivity index (χ0v) is 12.6. The van der Waals surface area contributed by atoms with Gasteiger partial charge >= 0.3 is 0 Å². The molecule has 0 bridgehead atoms. The standard InChI is InChI=1S/C16H23N3O2/c1-16(2,17)15(21)19-10-8-12(9-11-19)14(20)18-13-6-4-3-5-7-13/h3-7,12H,8-11,17H2,1-2H3,(H,18,20). The molecule has 2 amide bonds. The minimum Gasteiger partial charge on any atom is -0.341 e. The van der Waals surface area contributed by atoms with Crippen molar-refractivity contribution in [3.8, 4) is 0 Å². The molecule has 0 unspecified atom stereocenters. The molecule has 1 aliphatic rings. The molecule has 0 radical (unpaired) electrons. The summed E-state index contributed by atoms with van der Waals surface area (Å²) in [5.74, 6) is -0.0696. The molecule has 0 saturated carbocycles. The van der Waals surface area contributed by atoms with E-state index in [0.29, 0.717) is 25.9 Å². The van der Waals surface area contributed by atoms with Gasteiger partial charge in [-0.3, -0.25) is 9.59 Å². The van der Waals surface area contributed by atoms with Crippen LogP contribution in [0.25, 0.3) is 0 Å². The first-order valence-corrected chi connectivity index (χ1v) is 7.32. The Labute approximate surface area is 125 Å². The van der Waals surface area contributed by atoms with E-state index in [1.807, 2.05) is 30.3 Å². The lowest BCUT2D eigenvalue weighted by Crippen LogP contribution is -2.53. The van der Waals surface area contributed by atoms with Crippen LogP contribution >= 0.6 is 0 Å². The molecule has 5 nitrogen and oxygen atoms in total. The van der Waals surface area contributed by atoms with Crippen LogP contribution in [0.5, 0.6) is 0 Å². The number of anilines is 1. The summed E-state index contributed by atoms with van der Waals surface area (Å²) in [6, 6.07) is 9.43. The highest BCUT2D eigenvalue weighted by molar-refractivity contribution is 5.93. The number of benzene rings is 1. The van der Waals surface area contributed by atoms with Crippen molar-refractivity contribution in [3.05, 3.63) is 30.3 Å². The van der Waals surface area contributed by atoms with Gasteiger partial charge in [-0.25, -0.2) is 0 Å². The van der Waals surface area contributed by atoms with Crippen molar-refractivity contribution in [3.63, 3.8) is 0 Å². The molecule has 21 heavy (non-hydrogen) atoms. The number of hydrogen-bond donors (Lipinski definition) is 2. The largest absolute Gasteiger partial charge is 0.341 e. The summed E-state index contributed by atoms with van der Waals surface area (Å²) in [6.45, 7) is 4.60. The molecule has 2 rings (SSSR count). The molecule has 1 aromatic carbocycles. The second-order valence-corrected chi connectivity index (χ2v) is 6.14. The molecule has 114 valence electrons. The maximum atomic E-state index is 12.2. The molecular formula is C16H23N3O2. The van der Waals surface area contributed by atoms with E-state index in [2.05, 4.69) is 5.32 Å². The van der Waals surface area contributed by atoms with Crippen LogP contribution in [0, 0.1) is 5.92 Å². The average molecular weight is 289 g/mol. The number of nitrogens with one attached hydrogen (secondary N) is 1. The first-order chi connectivity index (χ1) is 9.88. The van der Waals surface area contributed by atoms with E-state index in [1.165, 1.54) is 0 Å². The van der Waals surface area contributed by atoms with E-state index in [4.69, 9.17) is 5.73 Å². The van der Waals surface area contributed by atoms with Crippen molar-refractivity contribution >= 4 is 17.5 Å². The smallest absolute Gasteiger partial charge is 0.242 e. The van der Waals surface area contributed by atoms with Gasteiger partial charge in [0, 0.05) is 24.7 Å². The Morgan fingerprint density at radius 1 is 1.19 bits per heavy atom. The maximum Gasteiger partial charge on any atom is 0.242 e. The average Bonchev–Trinajstić information content (AvgIpc) is 2.46. The number of carbonyl (C=O) groups is 2. The molecule has 1 saturated heterocycles. The molecule has 0 atom stereocenters. The number of piperidine rings is 1. The molecule has 1 fully saturated rings. The molecule has 0 aromatic heterocycles. The number of nitrogens with two attached hydrogens (primary N) is 1. The Balaban J connectivity index is 1.86. The Morgan fingerprint density at radius 2 is 1.76 bits per heavy atom. The van der Waals surface area contributed by atoms with E-state index in [0.717, 1.165) is 5.69 Å². The van der Waals surface area contributed by atoms with Gasteiger partial charge < -0.3 is 16.0 Å². The highest BCUT2D eigenvalue weighted by Crippen LogP contribution is 2.21. The van der Waals surface area contributed by atoms with Crippen molar-refractivity contribution in [1.82, 2.24) is 4.90 Å². The second kappa shape index (κ2) is 6.26. The molecule has 5 heteroatoms. The van der Waals surface area contributed by atoms with Gasteiger partial charge in [-0.1, -0.05) is 18.2 Å². The van der Waals surface area contributed by atoms with Gasteiger partial charge in [-0.15, -0.1) is 0 Å². The number of carbonyl (C=O) groups excluding carboxylic acids is 2. The lowest BCUT2D eigenvalue weighted by molar-refractivity contribution is -0.138. The molecule has 1 aromatic rings. The lowest BCUT2D eigenvalue weighted by Gasteiger charge is -2.35. The van der Waals surface area contributed by atoms with E-state index in [9.17, 15) is 9.59 Å². The van der Waals surface area contributed by atoms with Gasteiger partial charge in [0.25, 0.3) is 0 Å². The Bertz CT molecular complexity index is 500. The van der Waals surface area contributed by atoms with Crippen molar-refractivity contribution in [2.24, 2.45) is 11.7 Å². The number of nitrogens with zero attached hydrogens (tertiary/aromatic N) is 1. The van der Waals surface area contributed by atoms with E-state index < -0.39 is 5.54 Å². The number of rotatable bonds is 3. The minimum absolute atomic E-state index is 0.0281. The number of likely N-dealkylation sites (tertiary alicyclic amines) is 1. The van der Waals surface area contributed by atoms with Crippen LogP contribution in [0.2, 0.25) is 0 Å². The van der Waals surface area contributed by atoms with E-state index >= 15 is 0 Å². The van der Waals surface area contributed by atoms with Crippen molar-refractivity contribution in [2.45, 2.75) is 32.2 Å². The zero-order valence-electron chi connectivity index (χ0n) is 12.6. The van der Waals surface area contributed by atoms with Gasteiger partial charge in [0.15, 0.2) is 0 Å².